The molecule has 0 atom stereocenters. The SMILES string of the molecule is CC(C)(C)c1ccccc1NS(=O)(=O)CCCCO. The number of sulfonamides is 1. The maximum atomic E-state index is 12.0. The molecule has 0 heterocycles. The van der Waals surface area contributed by atoms with Crippen LogP contribution in [0.2, 0.25) is 0 Å². The molecule has 19 heavy (non-hydrogen) atoms. The first-order chi connectivity index (χ1) is 8.76. The smallest absolute Gasteiger partial charge is 0.232 e. The van der Waals surface area contributed by atoms with E-state index >= 15 is 0 Å². The second-order valence-electron chi connectivity index (χ2n) is 5.65. The molecular weight excluding hydrogens is 262 g/mol. The molecule has 0 spiro atoms. The van der Waals surface area contributed by atoms with Crippen molar-refractivity contribution in [1.29, 1.82) is 0 Å². The second-order valence-corrected chi connectivity index (χ2v) is 7.49. The molecule has 1 aromatic carbocycles. The Balaban J connectivity index is 2.88. The van der Waals surface area contributed by atoms with Crippen LogP contribution in [-0.2, 0) is 15.4 Å². The van der Waals surface area contributed by atoms with Gasteiger partial charge in [0, 0.05) is 6.61 Å². The van der Waals surface area contributed by atoms with Crippen molar-refractivity contribution < 1.29 is 13.5 Å². The number of rotatable bonds is 6. The van der Waals surface area contributed by atoms with E-state index in [-0.39, 0.29) is 17.8 Å². The number of anilines is 1. The Morgan fingerprint density at radius 1 is 1.16 bits per heavy atom. The molecule has 0 fully saturated rings. The second kappa shape index (κ2) is 6.39. The van der Waals surface area contributed by atoms with Gasteiger partial charge in [-0.3, -0.25) is 4.72 Å². The van der Waals surface area contributed by atoms with E-state index in [0.29, 0.717) is 18.5 Å². The first kappa shape index (κ1) is 16.0. The number of para-hydroxylation sites is 1. The topological polar surface area (TPSA) is 66.4 Å². The average Bonchev–Trinajstić information content (AvgIpc) is 2.27. The highest BCUT2D eigenvalue weighted by molar-refractivity contribution is 7.92. The molecule has 5 heteroatoms. The van der Waals surface area contributed by atoms with E-state index in [1.807, 2.05) is 39.0 Å². The summed E-state index contributed by atoms with van der Waals surface area (Å²) in [5.74, 6) is 0.0338. The zero-order valence-corrected chi connectivity index (χ0v) is 12.6. The Morgan fingerprint density at radius 3 is 2.37 bits per heavy atom. The fraction of sp³-hybridized carbons (Fsp3) is 0.571. The van der Waals surface area contributed by atoms with Crippen molar-refractivity contribution in [1.82, 2.24) is 0 Å². The first-order valence-corrected chi connectivity index (χ1v) is 8.12. The molecule has 0 aliphatic rings. The van der Waals surface area contributed by atoms with Crippen molar-refractivity contribution in [2.24, 2.45) is 0 Å². The molecule has 0 amide bonds. The van der Waals surface area contributed by atoms with E-state index in [4.69, 9.17) is 5.11 Å². The number of unbranched alkanes of at least 4 members (excludes halogenated alkanes) is 1. The Bertz CT molecular complexity index is 504. The van der Waals surface area contributed by atoms with Crippen LogP contribution in [0.4, 0.5) is 5.69 Å². The van der Waals surface area contributed by atoms with Crippen LogP contribution in [0.25, 0.3) is 0 Å². The minimum atomic E-state index is -3.35. The van der Waals surface area contributed by atoms with Crippen molar-refractivity contribution in [2.45, 2.75) is 39.0 Å². The van der Waals surface area contributed by atoms with E-state index in [1.54, 1.807) is 6.07 Å². The third-order valence-corrected chi connectivity index (χ3v) is 4.18. The molecule has 0 saturated heterocycles. The standard InChI is InChI=1S/C14H23NO3S/c1-14(2,3)12-8-4-5-9-13(12)15-19(17,18)11-7-6-10-16/h4-5,8-9,15-16H,6-7,10-11H2,1-3H3. The van der Waals surface area contributed by atoms with Gasteiger partial charge < -0.3 is 5.11 Å². The Labute approximate surface area is 115 Å². The van der Waals surface area contributed by atoms with Crippen molar-refractivity contribution in [3.63, 3.8) is 0 Å². The summed E-state index contributed by atoms with van der Waals surface area (Å²) in [5, 5.41) is 8.69. The summed E-state index contributed by atoms with van der Waals surface area (Å²) < 4.78 is 26.6. The summed E-state index contributed by atoms with van der Waals surface area (Å²) in [5.41, 5.74) is 1.49. The molecule has 1 rings (SSSR count). The van der Waals surface area contributed by atoms with E-state index < -0.39 is 10.0 Å². The van der Waals surface area contributed by atoms with Gasteiger partial charge in [-0.25, -0.2) is 8.42 Å². The van der Waals surface area contributed by atoms with Gasteiger partial charge in [-0.1, -0.05) is 39.0 Å². The molecule has 0 saturated carbocycles. The van der Waals surface area contributed by atoms with Crippen LogP contribution < -0.4 is 4.72 Å². The normalized spacial score (nSPS) is 12.4. The molecule has 0 aliphatic carbocycles. The number of aliphatic hydroxyl groups is 1. The van der Waals surface area contributed by atoms with Crippen LogP contribution in [0.15, 0.2) is 24.3 Å². The summed E-state index contributed by atoms with van der Waals surface area (Å²) in [7, 11) is -3.35. The van der Waals surface area contributed by atoms with Crippen LogP contribution in [0.1, 0.15) is 39.2 Å². The van der Waals surface area contributed by atoms with Crippen molar-refractivity contribution in [2.75, 3.05) is 17.1 Å². The summed E-state index contributed by atoms with van der Waals surface area (Å²) in [6.07, 6.45) is 0.964. The quantitative estimate of drug-likeness (QED) is 0.789. The fourth-order valence-corrected chi connectivity index (χ4v) is 3.05. The lowest BCUT2D eigenvalue weighted by molar-refractivity contribution is 0.287. The van der Waals surface area contributed by atoms with Crippen molar-refractivity contribution >= 4 is 15.7 Å². The maximum absolute atomic E-state index is 12.0. The van der Waals surface area contributed by atoms with Gasteiger partial charge in [0.25, 0.3) is 0 Å². The predicted molar refractivity (Wildman–Crippen MR) is 78.9 cm³/mol. The van der Waals surface area contributed by atoms with Crippen LogP contribution >= 0.6 is 0 Å². The summed E-state index contributed by atoms with van der Waals surface area (Å²) in [6, 6.07) is 7.45. The van der Waals surface area contributed by atoms with E-state index in [0.717, 1.165) is 5.56 Å². The van der Waals surface area contributed by atoms with Gasteiger partial charge in [0.1, 0.15) is 0 Å². The van der Waals surface area contributed by atoms with Gasteiger partial charge in [-0.2, -0.15) is 0 Å². The van der Waals surface area contributed by atoms with Gasteiger partial charge >= 0.3 is 0 Å². The van der Waals surface area contributed by atoms with Crippen LogP contribution in [-0.4, -0.2) is 25.9 Å². The zero-order valence-electron chi connectivity index (χ0n) is 11.8. The lowest BCUT2D eigenvalue weighted by atomic mass is 9.86. The molecule has 108 valence electrons. The highest BCUT2D eigenvalue weighted by Crippen LogP contribution is 2.29. The minimum Gasteiger partial charge on any atom is -0.396 e. The number of benzene rings is 1. The molecule has 0 aromatic heterocycles. The van der Waals surface area contributed by atoms with Crippen LogP contribution in [0.3, 0.4) is 0 Å². The maximum Gasteiger partial charge on any atom is 0.232 e. The monoisotopic (exact) mass is 285 g/mol. The Kier molecular flexibility index (Phi) is 5.38. The summed E-state index contributed by atoms with van der Waals surface area (Å²) >= 11 is 0. The van der Waals surface area contributed by atoms with Crippen molar-refractivity contribution in [3.05, 3.63) is 29.8 Å². The molecule has 4 nitrogen and oxygen atoms in total. The lowest BCUT2D eigenvalue weighted by Gasteiger charge is -2.23. The minimum absolute atomic E-state index is 0.0219. The van der Waals surface area contributed by atoms with Crippen molar-refractivity contribution in [3.8, 4) is 0 Å². The fourth-order valence-electron chi connectivity index (χ4n) is 1.85. The molecule has 1 aromatic rings. The number of hydrogen-bond acceptors (Lipinski definition) is 3. The van der Waals surface area contributed by atoms with Crippen LogP contribution in [0, 0.1) is 0 Å². The number of nitrogens with one attached hydrogen (secondary N) is 1. The van der Waals surface area contributed by atoms with E-state index in [9.17, 15) is 8.42 Å². The predicted octanol–water partition coefficient (Wildman–Crippen LogP) is 2.50. The molecule has 0 radical (unpaired) electrons. The lowest BCUT2D eigenvalue weighted by Crippen LogP contribution is -2.21. The molecule has 2 N–H and O–H groups in total. The zero-order chi connectivity index (χ0) is 14.5. The third kappa shape index (κ3) is 5.20. The van der Waals surface area contributed by atoms with Gasteiger partial charge in [-0.05, 0) is 29.9 Å². The largest absolute Gasteiger partial charge is 0.396 e. The molecule has 0 aliphatic heterocycles. The van der Waals surface area contributed by atoms with Gasteiger partial charge in [0.05, 0.1) is 11.4 Å². The van der Waals surface area contributed by atoms with Crippen LogP contribution in [0.5, 0.6) is 0 Å². The molecule has 0 unspecified atom stereocenters. The first-order valence-electron chi connectivity index (χ1n) is 6.47. The highest BCUT2D eigenvalue weighted by Gasteiger charge is 2.20. The Hall–Kier alpha value is -1.07. The summed E-state index contributed by atoms with van der Waals surface area (Å²) in [6.45, 7) is 6.16. The number of aliphatic hydroxyl groups excluding tert-OH is 1. The number of hydrogen-bond donors (Lipinski definition) is 2. The average molecular weight is 285 g/mol. The molecule has 0 bridgehead atoms. The highest BCUT2D eigenvalue weighted by atomic mass is 32.2. The molecular formula is C14H23NO3S. The van der Waals surface area contributed by atoms with E-state index in [2.05, 4.69) is 4.72 Å². The van der Waals surface area contributed by atoms with Gasteiger partial charge in [0.15, 0.2) is 0 Å². The third-order valence-electron chi connectivity index (χ3n) is 2.82. The summed E-state index contributed by atoms with van der Waals surface area (Å²) in [4.78, 5) is 0. The van der Waals surface area contributed by atoms with E-state index in [1.165, 1.54) is 0 Å². The van der Waals surface area contributed by atoms with Gasteiger partial charge in [0.2, 0.25) is 10.0 Å². The Morgan fingerprint density at radius 2 is 1.79 bits per heavy atom. The van der Waals surface area contributed by atoms with Gasteiger partial charge in [-0.15, -0.1) is 0 Å².